The number of benzene rings is 2. The molecule has 2 N–H and O–H groups in total. The SMILES string of the molecule is Cc1cc2c(cc1C(=O)N1Cc3cccc(F)c3C1)[nH]c(=O)c1cnc(C3CCC(O)CC3)n12. The fraction of sp³-hybridized carbons (Fsp3) is 0.346. The first-order valence-electron chi connectivity index (χ1n) is 11.7. The summed E-state index contributed by atoms with van der Waals surface area (Å²) in [5.74, 6) is 0.498. The van der Waals surface area contributed by atoms with Gasteiger partial charge in [0.2, 0.25) is 0 Å². The van der Waals surface area contributed by atoms with Crippen LogP contribution in [0.2, 0.25) is 0 Å². The van der Waals surface area contributed by atoms with Crippen molar-refractivity contribution >= 4 is 22.5 Å². The zero-order valence-corrected chi connectivity index (χ0v) is 18.8. The average molecular weight is 461 g/mol. The number of aromatic amines is 1. The molecule has 34 heavy (non-hydrogen) atoms. The zero-order chi connectivity index (χ0) is 23.6. The molecule has 1 amide bonds. The van der Waals surface area contributed by atoms with E-state index in [1.54, 1.807) is 23.2 Å². The number of hydrogen-bond donors (Lipinski definition) is 2. The first-order chi connectivity index (χ1) is 16.4. The van der Waals surface area contributed by atoms with Gasteiger partial charge in [-0.05, 0) is 61.9 Å². The number of nitrogens with zero attached hydrogens (tertiary/aromatic N) is 3. The summed E-state index contributed by atoms with van der Waals surface area (Å²) in [7, 11) is 0. The molecule has 2 aromatic carbocycles. The molecule has 1 saturated carbocycles. The number of hydrogen-bond acceptors (Lipinski definition) is 4. The number of nitrogens with one attached hydrogen (secondary N) is 1. The van der Waals surface area contributed by atoms with Gasteiger partial charge in [0.1, 0.15) is 17.2 Å². The van der Waals surface area contributed by atoms with E-state index >= 15 is 0 Å². The van der Waals surface area contributed by atoms with Gasteiger partial charge >= 0.3 is 0 Å². The zero-order valence-electron chi connectivity index (χ0n) is 18.8. The molecule has 0 radical (unpaired) electrons. The van der Waals surface area contributed by atoms with Gasteiger partial charge in [-0.25, -0.2) is 9.37 Å². The molecule has 8 heteroatoms. The van der Waals surface area contributed by atoms with Crippen LogP contribution in [0.4, 0.5) is 4.39 Å². The first-order valence-corrected chi connectivity index (χ1v) is 11.7. The van der Waals surface area contributed by atoms with E-state index in [-0.39, 0.29) is 35.9 Å². The number of aliphatic hydroxyl groups is 1. The van der Waals surface area contributed by atoms with E-state index in [9.17, 15) is 19.1 Å². The molecule has 6 rings (SSSR count). The van der Waals surface area contributed by atoms with Crippen molar-refractivity contribution in [3.8, 4) is 0 Å². The van der Waals surface area contributed by atoms with Gasteiger partial charge in [-0.2, -0.15) is 0 Å². The number of aryl methyl sites for hydroxylation is 1. The van der Waals surface area contributed by atoms with Crippen LogP contribution in [0.5, 0.6) is 0 Å². The lowest BCUT2D eigenvalue weighted by atomic mass is 9.87. The van der Waals surface area contributed by atoms with Crippen molar-refractivity contribution in [2.75, 3.05) is 0 Å². The first kappa shape index (κ1) is 21.0. The van der Waals surface area contributed by atoms with Crippen LogP contribution in [0, 0.1) is 12.7 Å². The largest absolute Gasteiger partial charge is 0.393 e. The number of halogens is 1. The van der Waals surface area contributed by atoms with Crippen molar-refractivity contribution in [3.05, 3.63) is 80.8 Å². The molecule has 1 fully saturated rings. The Morgan fingerprint density at radius 2 is 1.94 bits per heavy atom. The monoisotopic (exact) mass is 460 g/mol. The third kappa shape index (κ3) is 3.24. The summed E-state index contributed by atoms with van der Waals surface area (Å²) < 4.78 is 16.1. The van der Waals surface area contributed by atoms with E-state index in [1.165, 1.54) is 6.07 Å². The van der Waals surface area contributed by atoms with Gasteiger partial charge in [-0.1, -0.05) is 12.1 Å². The lowest BCUT2D eigenvalue weighted by Crippen LogP contribution is -2.26. The van der Waals surface area contributed by atoms with Crippen molar-refractivity contribution in [1.29, 1.82) is 0 Å². The van der Waals surface area contributed by atoms with E-state index in [0.29, 0.717) is 28.7 Å². The quantitative estimate of drug-likeness (QED) is 0.476. The van der Waals surface area contributed by atoms with Crippen LogP contribution in [0.1, 0.15) is 64.5 Å². The number of amides is 1. The van der Waals surface area contributed by atoms with E-state index < -0.39 is 0 Å². The lowest BCUT2D eigenvalue weighted by Gasteiger charge is -2.25. The Hall–Kier alpha value is -3.52. The Balaban J connectivity index is 1.42. The van der Waals surface area contributed by atoms with Crippen LogP contribution in [-0.2, 0) is 13.1 Å². The molecule has 0 atom stereocenters. The minimum absolute atomic E-state index is 0.163. The molecule has 7 nitrogen and oxygen atoms in total. The molecule has 0 saturated heterocycles. The Morgan fingerprint density at radius 1 is 1.15 bits per heavy atom. The van der Waals surface area contributed by atoms with Crippen LogP contribution in [0.15, 0.2) is 41.3 Å². The topological polar surface area (TPSA) is 90.7 Å². The number of H-pyrrole nitrogens is 1. The summed E-state index contributed by atoms with van der Waals surface area (Å²) in [5, 5.41) is 9.90. The van der Waals surface area contributed by atoms with Gasteiger partial charge in [0, 0.05) is 30.1 Å². The van der Waals surface area contributed by atoms with Crippen molar-refractivity contribution in [2.45, 2.75) is 57.7 Å². The molecule has 0 bridgehead atoms. The molecule has 1 aliphatic heterocycles. The smallest absolute Gasteiger partial charge is 0.274 e. The summed E-state index contributed by atoms with van der Waals surface area (Å²) >= 11 is 0. The third-order valence-electron chi connectivity index (χ3n) is 7.36. The number of aromatic nitrogens is 3. The van der Waals surface area contributed by atoms with Gasteiger partial charge in [-0.15, -0.1) is 0 Å². The van der Waals surface area contributed by atoms with E-state index in [0.717, 1.165) is 48.2 Å². The van der Waals surface area contributed by atoms with Crippen LogP contribution in [0.25, 0.3) is 16.6 Å². The fourth-order valence-electron chi connectivity index (χ4n) is 5.49. The number of fused-ring (bicyclic) bond motifs is 4. The normalized spacial score (nSPS) is 20.3. The number of imidazole rings is 1. The lowest BCUT2D eigenvalue weighted by molar-refractivity contribution is 0.0750. The maximum Gasteiger partial charge on any atom is 0.274 e. The summed E-state index contributed by atoms with van der Waals surface area (Å²) in [6.07, 6.45) is 4.40. The Bertz CT molecular complexity index is 1510. The molecule has 4 aromatic rings. The van der Waals surface area contributed by atoms with Gasteiger partial charge in [0.15, 0.2) is 0 Å². The van der Waals surface area contributed by atoms with Crippen LogP contribution >= 0.6 is 0 Å². The van der Waals surface area contributed by atoms with Gasteiger partial charge in [-0.3, -0.25) is 14.0 Å². The number of rotatable bonds is 2. The van der Waals surface area contributed by atoms with Gasteiger partial charge in [0.05, 0.1) is 23.3 Å². The highest BCUT2D eigenvalue weighted by molar-refractivity contribution is 5.99. The van der Waals surface area contributed by atoms with Crippen molar-refractivity contribution in [3.63, 3.8) is 0 Å². The predicted octanol–water partition coefficient (Wildman–Crippen LogP) is 3.80. The minimum Gasteiger partial charge on any atom is -0.393 e. The van der Waals surface area contributed by atoms with Crippen molar-refractivity contribution < 1.29 is 14.3 Å². The number of carbonyl (C=O) groups excluding carboxylic acids is 1. The maximum absolute atomic E-state index is 14.2. The Morgan fingerprint density at radius 3 is 2.71 bits per heavy atom. The third-order valence-corrected chi connectivity index (χ3v) is 7.36. The highest BCUT2D eigenvalue weighted by Gasteiger charge is 2.29. The summed E-state index contributed by atoms with van der Waals surface area (Å²) in [6, 6.07) is 8.56. The molecule has 3 heterocycles. The molecule has 174 valence electrons. The second kappa shape index (κ2) is 7.77. The predicted molar refractivity (Wildman–Crippen MR) is 125 cm³/mol. The molecule has 0 unspecified atom stereocenters. The molecule has 0 spiro atoms. The Labute approximate surface area is 194 Å². The summed E-state index contributed by atoms with van der Waals surface area (Å²) in [5.41, 5.74) is 4.20. The Kier molecular flexibility index (Phi) is 4.81. The highest BCUT2D eigenvalue weighted by Crippen LogP contribution is 2.34. The van der Waals surface area contributed by atoms with Crippen LogP contribution in [0.3, 0.4) is 0 Å². The molecular weight excluding hydrogens is 435 g/mol. The highest BCUT2D eigenvalue weighted by atomic mass is 19.1. The second-order valence-corrected chi connectivity index (χ2v) is 9.52. The fourth-order valence-corrected chi connectivity index (χ4v) is 5.49. The molecular formula is C26H25FN4O3. The molecule has 2 aromatic heterocycles. The summed E-state index contributed by atoms with van der Waals surface area (Å²) in [4.78, 5) is 35.4. The molecule has 1 aliphatic carbocycles. The minimum atomic E-state index is -0.294. The van der Waals surface area contributed by atoms with Crippen LogP contribution in [-0.4, -0.2) is 36.4 Å². The van der Waals surface area contributed by atoms with E-state index in [4.69, 9.17) is 0 Å². The van der Waals surface area contributed by atoms with E-state index in [1.807, 2.05) is 23.5 Å². The van der Waals surface area contributed by atoms with Crippen molar-refractivity contribution in [1.82, 2.24) is 19.3 Å². The summed E-state index contributed by atoms with van der Waals surface area (Å²) in [6.45, 7) is 2.46. The van der Waals surface area contributed by atoms with Crippen molar-refractivity contribution in [2.24, 2.45) is 0 Å². The standard InChI is InChI=1S/C26H25FN4O3/c1-14-9-22-21(10-18(14)26(34)30-12-16-3-2-4-20(27)19(16)13-30)29-25(33)23-11-28-24(31(22)23)15-5-7-17(32)8-6-15/h2-4,9-11,15,17,32H,5-8,12-13H2,1H3,(H,29,33). The van der Waals surface area contributed by atoms with Gasteiger partial charge < -0.3 is 15.0 Å². The maximum atomic E-state index is 14.2. The molecule has 2 aliphatic rings. The van der Waals surface area contributed by atoms with Crippen LogP contribution < -0.4 is 5.56 Å². The van der Waals surface area contributed by atoms with E-state index in [2.05, 4.69) is 9.97 Å². The van der Waals surface area contributed by atoms with Gasteiger partial charge in [0.25, 0.3) is 11.5 Å². The number of carbonyl (C=O) groups is 1. The second-order valence-electron chi connectivity index (χ2n) is 9.52. The number of aliphatic hydroxyl groups excluding tert-OH is 1. The average Bonchev–Trinajstić information content (AvgIpc) is 3.46.